The second-order valence-electron chi connectivity index (χ2n) is 5.26. The molecule has 3 atom stereocenters. The zero-order valence-corrected chi connectivity index (χ0v) is 9.69. The third-order valence-electron chi connectivity index (χ3n) is 3.78. The van der Waals surface area contributed by atoms with Crippen molar-refractivity contribution in [3.63, 3.8) is 0 Å². The Bertz CT molecular complexity index is 155. The Kier molecular flexibility index (Phi) is 3.78. The Morgan fingerprint density at radius 2 is 2.23 bits per heavy atom. The quantitative estimate of drug-likeness (QED) is 0.706. The SMILES string of the molecule is CCC(C)CC1(C)CCC(NC)C1. The minimum absolute atomic E-state index is 0.628. The molecule has 0 bridgehead atoms. The average Bonchev–Trinajstić information content (AvgIpc) is 2.47. The molecule has 1 nitrogen and oxygen atoms in total. The lowest BCUT2D eigenvalue weighted by Gasteiger charge is -2.27. The lowest BCUT2D eigenvalue weighted by molar-refractivity contribution is 0.247. The van der Waals surface area contributed by atoms with Crippen molar-refractivity contribution in [1.82, 2.24) is 5.32 Å². The minimum atomic E-state index is 0.628. The highest BCUT2D eigenvalue weighted by molar-refractivity contribution is 4.89. The largest absolute Gasteiger partial charge is 0.317 e. The third kappa shape index (κ3) is 2.98. The van der Waals surface area contributed by atoms with Crippen LogP contribution in [0.2, 0.25) is 0 Å². The van der Waals surface area contributed by atoms with E-state index in [-0.39, 0.29) is 0 Å². The van der Waals surface area contributed by atoms with Gasteiger partial charge in [-0.15, -0.1) is 0 Å². The van der Waals surface area contributed by atoms with Crippen molar-refractivity contribution in [3.05, 3.63) is 0 Å². The molecule has 0 aromatic rings. The maximum atomic E-state index is 3.41. The van der Waals surface area contributed by atoms with Gasteiger partial charge in [0.1, 0.15) is 0 Å². The van der Waals surface area contributed by atoms with E-state index in [1.807, 2.05) is 0 Å². The molecule has 1 aliphatic carbocycles. The molecule has 0 radical (unpaired) electrons. The third-order valence-corrected chi connectivity index (χ3v) is 3.78. The monoisotopic (exact) mass is 183 g/mol. The lowest BCUT2D eigenvalue weighted by atomic mass is 9.79. The van der Waals surface area contributed by atoms with Crippen LogP contribution in [-0.4, -0.2) is 13.1 Å². The van der Waals surface area contributed by atoms with Crippen LogP contribution in [0.5, 0.6) is 0 Å². The molecule has 1 fully saturated rings. The minimum Gasteiger partial charge on any atom is -0.317 e. The molecule has 0 aromatic heterocycles. The first kappa shape index (κ1) is 11.0. The summed E-state index contributed by atoms with van der Waals surface area (Å²) in [4.78, 5) is 0. The molecule has 0 spiro atoms. The molecular formula is C12H25N. The zero-order valence-electron chi connectivity index (χ0n) is 9.69. The maximum absolute atomic E-state index is 3.41. The van der Waals surface area contributed by atoms with Gasteiger partial charge in [-0.1, -0.05) is 27.2 Å². The number of hydrogen-bond acceptors (Lipinski definition) is 1. The van der Waals surface area contributed by atoms with Crippen LogP contribution in [-0.2, 0) is 0 Å². The molecule has 1 N–H and O–H groups in total. The van der Waals surface area contributed by atoms with Gasteiger partial charge in [-0.3, -0.25) is 0 Å². The summed E-state index contributed by atoms with van der Waals surface area (Å²) >= 11 is 0. The van der Waals surface area contributed by atoms with Crippen molar-refractivity contribution >= 4 is 0 Å². The molecule has 78 valence electrons. The van der Waals surface area contributed by atoms with E-state index in [1.165, 1.54) is 32.1 Å². The Morgan fingerprint density at radius 1 is 1.54 bits per heavy atom. The summed E-state index contributed by atoms with van der Waals surface area (Å²) in [7, 11) is 2.10. The topological polar surface area (TPSA) is 12.0 Å². The second-order valence-corrected chi connectivity index (χ2v) is 5.26. The van der Waals surface area contributed by atoms with Crippen LogP contribution < -0.4 is 5.32 Å². The number of rotatable bonds is 4. The van der Waals surface area contributed by atoms with E-state index >= 15 is 0 Å². The highest BCUT2D eigenvalue weighted by Crippen LogP contribution is 2.43. The zero-order chi connectivity index (χ0) is 9.90. The molecule has 0 heterocycles. The Labute approximate surface area is 83.3 Å². The van der Waals surface area contributed by atoms with Gasteiger partial charge in [-0.2, -0.15) is 0 Å². The van der Waals surface area contributed by atoms with Crippen molar-refractivity contribution < 1.29 is 0 Å². The smallest absolute Gasteiger partial charge is 0.00694 e. The van der Waals surface area contributed by atoms with Crippen LogP contribution in [0, 0.1) is 11.3 Å². The summed E-state index contributed by atoms with van der Waals surface area (Å²) in [6, 6.07) is 0.786. The Morgan fingerprint density at radius 3 is 2.69 bits per heavy atom. The molecule has 0 amide bonds. The summed E-state index contributed by atoms with van der Waals surface area (Å²) in [5.41, 5.74) is 0.628. The van der Waals surface area contributed by atoms with Crippen LogP contribution in [0.1, 0.15) is 52.9 Å². The highest BCUT2D eigenvalue weighted by Gasteiger charge is 2.34. The van der Waals surface area contributed by atoms with E-state index < -0.39 is 0 Å². The molecule has 1 rings (SSSR count). The summed E-state index contributed by atoms with van der Waals surface area (Å²) in [6.45, 7) is 7.16. The first-order valence-electron chi connectivity index (χ1n) is 5.77. The molecule has 0 aromatic carbocycles. The first-order valence-corrected chi connectivity index (χ1v) is 5.77. The van der Waals surface area contributed by atoms with Crippen LogP contribution in [0.15, 0.2) is 0 Å². The van der Waals surface area contributed by atoms with Crippen LogP contribution in [0.4, 0.5) is 0 Å². The van der Waals surface area contributed by atoms with Crippen molar-refractivity contribution in [1.29, 1.82) is 0 Å². The summed E-state index contributed by atoms with van der Waals surface area (Å²) < 4.78 is 0. The highest BCUT2D eigenvalue weighted by atomic mass is 14.9. The van der Waals surface area contributed by atoms with Crippen LogP contribution >= 0.6 is 0 Å². The molecule has 0 saturated heterocycles. The normalized spacial score (nSPS) is 36.5. The van der Waals surface area contributed by atoms with Crippen molar-refractivity contribution in [2.24, 2.45) is 11.3 Å². The predicted octanol–water partition coefficient (Wildman–Crippen LogP) is 3.20. The van der Waals surface area contributed by atoms with Gasteiger partial charge < -0.3 is 5.32 Å². The molecule has 0 aliphatic heterocycles. The van der Waals surface area contributed by atoms with Gasteiger partial charge in [0, 0.05) is 6.04 Å². The fourth-order valence-electron chi connectivity index (χ4n) is 2.74. The predicted molar refractivity (Wildman–Crippen MR) is 58.9 cm³/mol. The van der Waals surface area contributed by atoms with Crippen molar-refractivity contribution in [2.75, 3.05) is 7.05 Å². The standard InChI is InChI=1S/C12H25N/c1-5-10(2)8-12(3)7-6-11(9-12)13-4/h10-11,13H,5-9H2,1-4H3. The lowest BCUT2D eigenvalue weighted by Crippen LogP contribution is -2.24. The van der Waals surface area contributed by atoms with Gasteiger partial charge in [-0.25, -0.2) is 0 Å². The average molecular weight is 183 g/mol. The number of nitrogens with one attached hydrogen (secondary N) is 1. The Balaban J connectivity index is 2.40. The fourth-order valence-corrected chi connectivity index (χ4v) is 2.74. The van der Waals surface area contributed by atoms with E-state index in [9.17, 15) is 0 Å². The molecule has 1 aliphatic rings. The Hall–Kier alpha value is -0.0400. The van der Waals surface area contributed by atoms with E-state index in [0.29, 0.717) is 5.41 Å². The summed E-state index contributed by atoms with van der Waals surface area (Å²) in [6.07, 6.45) is 6.93. The molecular weight excluding hydrogens is 158 g/mol. The summed E-state index contributed by atoms with van der Waals surface area (Å²) in [5.74, 6) is 0.903. The van der Waals surface area contributed by atoms with E-state index in [1.54, 1.807) is 0 Å². The van der Waals surface area contributed by atoms with E-state index in [4.69, 9.17) is 0 Å². The second kappa shape index (κ2) is 4.45. The van der Waals surface area contributed by atoms with Crippen LogP contribution in [0.25, 0.3) is 0 Å². The molecule has 3 unspecified atom stereocenters. The first-order chi connectivity index (χ1) is 6.09. The summed E-state index contributed by atoms with van der Waals surface area (Å²) in [5, 5.41) is 3.41. The van der Waals surface area contributed by atoms with Gasteiger partial charge in [-0.05, 0) is 44.1 Å². The van der Waals surface area contributed by atoms with Gasteiger partial charge in [0.25, 0.3) is 0 Å². The fraction of sp³-hybridized carbons (Fsp3) is 1.00. The molecule has 1 heteroatoms. The molecule has 1 saturated carbocycles. The van der Waals surface area contributed by atoms with Gasteiger partial charge >= 0.3 is 0 Å². The van der Waals surface area contributed by atoms with Gasteiger partial charge in [0.15, 0.2) is 0 Å². The van der Waals surface area contributed by atoms with E-state index in [2.05, 4.69) is 33.1 Å². The number of hydrogen-bond donors (Lipinski definition) is 1. The van der Waals surface area contributed by atoms with Gasteiger partial charge in [0.05, 0.1) is 0 Å². The van der Waals surface area contributed by atoms with Gasteiger partial charge in [0.2, 0.25) is 0 Å². The maximum Gasteiger partial charge on any atom is 0.00694 e. The van der Waals surface area contributed by atoms with Crippen molar-refractivity contribution in [3.8, 4) is 0 Å². The molecule has 13 heavy (non-hydrogen) atoms. The van der Waals surface area contributed by atoms with Crippen molar-refractivity contribution in [2.45, 2.75) is 58.9 Å². The van der Waals surface area contributed by atoms with Crippen LogP contribution in [0.3, 0.4) is 0 Å². The van der Waals surface area contributed by atoms with E-state index in [0.717, 1.165) is 12.0 Å².